The fraction of sp³-hybridized carbons (Fsp3) is 0.235. The molecule has 1 unspecified atom stereocenters. The summed E-state index contributed by atoms with van der Waals surface area (Å²) in [7, 11) is 3.80. The third-order valence-corrected chi connectivity index (χ3v) is 3.56. The van der Waals surface area contributed by atoms with Crippen molar-refractivity contribution in [2.24, 2.45) is 0 Å². The van der Waals surface area contributed by atoms with Crippen LogP contribution in [0, 0.1) is 0 Å². The van der Waals surface area contributed by atoms with Crippen LogP contribution in [-0.4, -0.2) is 25.4 Å². The number of ketones is 1. The van der Waals surface area contributed by atoms with Gasteiger partial charge in [0.15, 0.2) is 5.78 Å². The Morgan fingerprint density at radius 3 is 2.55 bits per heavy atom. The molecule has 1 aliphatic carbocycles. The second-order valence-electron chi connectivity index (χ2n) is 4.80. The van der Waals surface area contributed by atoms with E-state index in [1.54, 1.807) is 6.08 Å². The zero-order valence-corrected chi connectivity index (χ0v) is 11.9. The van der Waals surface area contributed by atoms with Gasteiger partial charge in [-0.25, -0.2) is 0 Å². The van der Waals surface area contributed by atoms with Crippen LogP contribution in [0.2, 0.25) is 0 Å². The maximum atomic E-state index is 12.1. The van der Waals surface area contributed by atoms with Crippen LogP contribution in [0.5, 0.6) is 0 Å². The van der Waals surface area contributed by atoms with Gasteiger partial charge in [0.2, 0.25) is 0 Å². The van der Waals surface area contributed by atoms with Gasteiger partial charge in [-0.1, -0.05) is 48.6 Å². The molecule has 0 heterocycles. The molecule has 20 heavy (non-hydrogen) atoms. The molecule has 3 heteroatoms. The van der Waals surface area contributed by atoms with Crippen molar-refractivity contribution >= 4 is 5.78 Å². The molecule has 1 aliphatic rings. The number of likely N-dealkylation sites (N-methyl/N-ethyl adjacent to an activating group) is 2. The summed E-state index contributed by atoms with van der Waals surface area (Å²) in [6.07, 6.45) is 10.6. The molecule has 0 fully saturated rings. The zero-order chi connectivity index (χ0) is 14.4. The largest absolute Gasteiger partial charge is 0.388 e. The minimum absolute atomic E-state index is 0.0250. The van der Waals surface area contributed by atoms with Gasteiger partial charge in [-0.05, 0) is 25.6 Å². The van der Waals surface area contributed by atoms with E-state index in [2.05, 4.69) is 22.8 Å². The normalized spacial score (nSPS) is 21.8. The molecule has 0 aromatic heterocycles. The molecule has 104 valence electrons. The second kappa shape index (κ2) is 6.35. The van der Waals surface area contributed by atoms with Crippen LogP contribution < -0.4 is 10.6 Å². The Morgan fingerprint density at radius 2 is 2.00 bits per heavy atom. The van der Waals surface area contributed by atoms with E-state index in [9.17, 15) is 4.79 Å². The summed E-state index contributed by atoms with van der Waals surface area (Å²) in [5.41, 5.74) is 1.52. The summed E-state index contributed by atoms with van der Waals surface area (Å²) in [5.74, 6) is 0.0250. The minimum Gasteiger partial charge on any atom is -0.388 e. The lowest BCUT2D eigenvalue weighted by atomic mass is 9.89. The maximum Gasteiger partial charge on any atom is 0.185 e. The summed E-state index contributed by atoms with van der Waals surface area (Å²) in [5, 5.41) is 6.38. The van der Waals surface area contributed by atoms with Crippen molar-refractivity contribution in [1.82, 2.24) is 10.6 Å². The van der Waals surface area contributed by atoms with Crippen molar-refractivity contribution in [3.05, 3.63) is 72.0 Å². The standard InChI is InChI=1S/C17H20N2O/c1-18-15-8-11-17(19-2,12-9-15)13-10-16(20)14-6-4-3-5-7-14/h3-11,13,18-19H,12H2,1-2H3. The predicted octanol–water partition coefficient (Wildman–Crippen LogP) is 2.45. The van der Waals surface area contributed by atoms with Gasteiger partial charge in [-0.2, -0.15) is 0 Å². The third kappa shape index (κ3) is 3.25. The van der Waals surface area contributed by atoms with Crippen LogP contribution in [0.3, 0.4) is 0 Å². The highest BCUT2D eigenvalue weighted by Gasteiger charge is 2.23. The number of nitrogens with one attached hydrogen (secondary N) is 2. The fourth-order valence-electron chi connectivity index (χ4n) is 2.15. The quantitative estimate of drug-likeness (QED) is 0.636. The molecule has 2 rings (SSSR count). The molecule has 1 aromatic rings. The summed E-state index contributed by atoms with van der Waals surface area (Å²) < 4.78 is 0. The van der Waals surface area contributed by atoms with Gasteiger partial charge >= 0.3 is 0 Å². The second-order valence-corrected chi connectivity index (χ2v) is 4.80. The van der Waals surface area contributed by atoms with E-state index in [-0.39, 0.29) is 11.3 Å². The van der Waals surface area contributed by atoms with E-state index in [1.807, 2.05) is 56.6 Å². The van der Waals surface area contributed by atoms with Crippen molar-refractivity contribution in [2.45, 2.75) is 12.0 Å². The summed E-state index contributed by atoms with van der Waals surface area (Å²) in [4.78, 5) is 12.1. The molecule has 0 saturated heterocycles. The van der Waals surface area contributed by atoms with Crippen LogP contribution in [-0.2, 0) is 0 Å². The molecule has 0 aliphatic heterocycles. The van der Waals surface area contributed by atoms with Gasteiger partial charge < -0.3 is 10.6 Å². The Kier molecular flexibility index (Phi) is 4.53. The Balaban J connectivity index is 2.12. The van der Waals surface area contributed by atoms with Gasteiger partial charge in [-0.15, -0.1) is 0 Å². The molecule has 2 N–H and O–H groups in total. The Hall–Kier alpha value is -2.13. The molecular formula is C17H20N2O. The summed E-state index contributed by atoms with van der Waals surface area (Å²) >= 11 is 0. The average molecular weight is 268 g/mol. The van der Waals surface area contributed by atoms with Crippen molar-refractivity contribution in [1.29, 1.82) is 0 Å². The van der Waals surface area contributed by atoms with Crippen LogP contribution >= 0.6 is 0 Å². The number of rotatable bonds is 5. The van der Waals surface area contributed by atoms with Crippen molar-refractivity contribution in [3.8, 4) is 0 Å². The molecule has 1 atom stereocenters. The Morgan fingerprint density at radius 1 is 1.25 bits per heavy atom. The maximum absolute atomic E-state index is 12.1. The number of benzene rings is 1. The van der Waals surface area contributed by atoms with Gasteiger partial charge in [0, 0.05) is 18.3 Å². The summed E-state index contributed by atoms with van der Waals surface area (Å²) in [6, 6.07) is 9.31. The van der Waals surface area contributed by atoms with Crippen LogP contribution in [0.4, 0.5) is 0 Å². The first-order chi connectivity index (χ1) is 9.69. The number of carbonyl (C=O) groups is 1. The van der Waals surface area contributed by atoms with Gasteiger partial charge in [0.1, 0.15) is 0 Å². The van der Waals surface area contributed by atoms with Gasteiger partial charge in [-0.3, -0.25) is 4.79 Å². The van der Waals surface area contributed by atoms with Gasteiger partial charge in [0.05, 0.1) is 5.54 Å². The summed E-state index contributed by atoms with van der Waals surface area (Å²) in [6.45, 7) is 0. The highest BCUT2D eigenvalue weighted by atomic mass is 16.1. The average Bonchev–Trinajstić information content (AvgIpc) is 2.54. The van der Waals surface area contributed by atoms with E-state index < -0.39 is 0 Å². The Bertz CT molecular complexity index is 558. The van der Waals surface area contributed by atoms with Crippen LogP contribution in [0.15, 0.2) is 66.4 Å². The molecule has 0 saturated carbocycles. The Labute approximate surface area is 120 Å². The smallest absolute Gasteiger partial charge is 0.185 e. The molecule has 0 bridgehead atoms. The van der Waals surface area contributed by atoms with E-state index in [0.717, 1.165) is 12.1 Å². The lowest BCUT2D eigenvalue weighted by molar-refractivity contribution is 0.104. The molecule has 0 amide bonds. The lowest BCUT2D eigenvalue weighted by Crippen LogP contribution is -2.40. The SMILES string of the molecule is CNC1=CCC(C=CC(=O)c2ccccc2)(NC)C=C1. The van der Waals surface area contributed by atoms with Crippen molar-refractivity contribution < 1.29 is 4.79 Å². The molecule has 3 nitrogen and oxygen atoms in total. The molecular weight excluding hydrogens is 248 g/mol. The first-order valence-electron chi connectivity index (χ1n) is 6.74. The van der Waals surface area contributed by atoms with Crippen molar-refractivity contribution in [2.75, 3.05) is 14.1 Å². The van der Waals surface area contributed by atoms with E-state index in [4.69, 9.17) is 0 Å². The third-order valence-electron chi connectivity index (χ3n) is 3.56. The van der Waals surface area contributed by atoms with E-state index >= 15 is 0 Å². The highest BCUT2D eigenvalue weighted by Crippen LogP contribution is 2.21. The molecule has 1 aromatic carbocycles. The molecule has 0 radical (unpaired) electrons. The number of hydrogen-bond donors (Lipinski definition) is 2. The zero-order valence-electron chi connectivity index (χ0n) is 11.9. The first kappa shape index (κ1) is 14.3. The number of hydrogen-bond acceptors (Lipinski definition) is 3. The fourth-order valence-corrected chi connectivity index (χ4v) is 2.15. The van der Waals surface area contributed by atoms with Crippen LogP contribution in [0.1, 0.15) is 16.8 Å². The molecule has 0 spiro atoms. The van der Waals surface area contributed by atoms with Crippen molar-refractivity contribution in [3.63, 3.8) is 0 Å². The number of carbonyl (C=O) groups excluding carboxylic acids is 1. The highest BCUT2D eigenvalue weighted by molar-refractivity contribution is 6.04. The first-order valence-corrected chi connectivity index (χ1v) is 6.74. The minimum atomic E-state index is -0.287. The monoisotopic (exact) mass is 268 g/mol. The van der Waals surface area contributed by atoms with E-state index in [1.165, 1.54) is 0 Å². The predicted molar refractivity (Wildman–Crippen MR) is 82.6 cm³/mol. The topological polar surface area (TPSA) is 41.1 Å². The lowest BCUT2D eigenvalue weighted by Gasteiger charge is -2.28. The number of allylic oxidation sites excluding steroid dienone is 2. The van der Waals surface area contributed by atoms with E-state index in [0.29, 0.717) is 5.56 Å². The van der Waals surface area contributed by atoms with Gasteiger partial charge in [0.25, 0.3) is 0 Å². The van der Waals surface area contributed by atoms with Crippen LogP contribution in [0.25, 0.3) is 0 Å².